The van der Waals surface area contributed by atoms with E-state index in [0.29, 0.717) is 0 Å². The fourth-order valence-corrected chi connectivity index (χ4v) is 2.28. The van der Waals surface area contributed by atoms with Gasteiger partial charge in [0.05, 0.1) is 5.69 Å². The Morgan fingerprint density at radius 1 is 1.62 bits per heavy atom. The lowest BCUT2D eigenvalue weighted by Crippen LogP contribution is -2.20. The summed E-state index contributed by atoms with van der Waals surface area (Å²) in [5.41, 5.74) is 1.21. The third kappa shape index (κ3) is 2.21. The Bertz CT molecular complexity index is 266. The minimum absolute atomic E-state index is 0.911. The van der Waals surface area contributed by atoms with Crippen LogP contribution in [-0.2, 0) is 6.42 Å². The van der Waals surface area contributed by atoms with Crippen molar-refractivity contribution < 1.29 is 0 Å². The zero-order valence-corrected chi connectivity index (χ0v) is 8.86. The van der Waals surface area contributed by atoms with Gasteiger partial charge in [-0.3, -0.25) is 0 Å². The van der Waals surface area contributed by atoms with Gasteiger partial charge in [0.25, 0.3) is 0 Å². The molecular weight excluding hydrogens is 180 g/mol. The van der Waals surface area contributed by atoms with Crippen molar-refractivity contribution in [1.82, 2.24) is 4.98 Å². The molecule has 1 N–H and O–H groups in total. The Morgan fingerprint density at radius 3 is 3.00 bits per heavy atom. The summed E-state index contributed by atoms with van der Waals surface area (Å²) in [7, 11) is 0. The first kappa shape index (κ1) is 9.00. The molecule has 1 heterocycles. The van der Waals surface area contributed by atoms with Crippen LogP contribution in [0.15, 0.2) is 5.38 Å². The molecule has 0 bridgehead atoms. The van der Waals surface area contributed by atoms with Gasteiger partial charge in [0.2, 0.25) is 0 Å². The van der Waals surface area contributed by atoms with Crippen LogP contribution in [0.1, 0.15) is 31.9 Å². The Balaban J connectivity index is 1.79. The predicted molar refractivity (Wildman–Crippen MR) is 57.3 cm³/mol. The van der Waals surface area contributed by atoms with Gasteiger partial charge in [-0.1, -0.05) is 13.3 Å². The topological polar surface area (TPSA) is 24.9 Å². The lowest BCUT2D eigenvalue weighted by atomic mass is 9.86. The molecule has 0 spiro atoms. The minimum Gasteiger partial charge on any atom is -0.361 e. The van der Waals surface area contributed by atoms with Gasteiger partial charge in [-0.2, -0.15) is 0 Å². The largest absolute Gasteiger partial charge is 0.361 e. The zero-order valence-electron chi connectivity index (χ0n) is 8.05. The van der Waals surface area contributed by atoms with Crippen LogP contribution in [0.5, 0.6) is 0 Å². The standard InChI is InChI=1S/C10H16N2S/c1-2-9-7-13-10(12-9)11-6-8-4-3-5-8/h7-8H,2-6H2,1H3,(H,11,12). The van der Waals surface area contributed by atoms with Crippen LogP contribution in [-0.4, -0.2) is 11.5 Å². The number of rotatable bonds is 4. The normalized spacial score (nSPS) is 17.0. The second-order valence-electron chi connectivity index (χ2n) is 3.68. The fourth-order valence-electron chi connectivity index (χ4n) is 1.48. The van der Waals surface area contributed by atoms with Crippen LogP contribution in [0, 0.1) is 5.92 Å². The molecular formula is C10H16N2S. The van der Waals surface area contributed by atoms with Crippen LogP contribution in [0.3, 0.4) is 0 Å². The Morgan fingerprint density at radius 2 is 2.46 bits per heavy atom. The van der Waals surface area contributed by atoms with E-state index in [1.807, 2.05) is 0 Å². The summed E-state index contributed by atoms with van der Waals surface area (Å²) in [6, 6.07) is 0. The number of aromatic nitrogens is 1. The molecule has 1 aromatic rings. The number of thiazole rings is 1. The highest BCUT2D eigenvalue weighted by Crippen LogP contribution is 2.27. The molecule has 0 amide bonds. The molecule has 0 radical (unpaired) electrons. The van der Waals surface area contributed by atoms with Crippen molar-refractivity contribution in [2.45, 2.75) is 32.6 Å². The van der Waals surface area contributed by atoms with E-state index in [-0.39, 0.29) is 0 Å². The average Bonchev–Trinajstić information content (AvgIpc) is 2.49. The molecule has 3 heteroatoms. The van der Waals surface area contributed by atoms with Crippen LogP contribution in [0.4, 0.5) is 5.13 Å². The zero-order chi connectivity index (χ0) is 9.10. The molecule has 0 saturated heterocycles. The Hall–Kier alpha value is -0.570. The molecule has 1 aliphatic rings. The van der Waals surface area contributed by atoms with Crippen LogP contribution < -0.4 is 5.32 Å². The molecule has 0 aliphatic heterocycles. The smallest absolute Gasteiger partial charge is 0.182 e. The van der Waals surface area contributed by atoms with Crippen molar-refractivity contribution in [1.29, 1.82) is 0 Å². The number of anilines is 1. The molecule has 1 aliphatic carbocycles. The van der Waals surface area contributed by atoms with Gasteiger partial charge in [-0.25, -0.2) is 4.98 Å². The molecule has 2 rings (SSSR count). The van der Waals surface area contributed by atoms with E-state index in [1.165, 1.54) is 25.0 Å². The third-order valence-electron chi connectivity index (χ3n) is 2.68. The van der Waals surface area contributed by atoms with Crippen molar-refractivity contribution in [3.05, 3.63) is 11.1 Å². The summed E-state index contributed by atoms with van der Waals surface area (Å²) in [5.74, 6) is 0.911. The summed E-state index contributed by atoms with van der Waals surface area (Å²) < 4.78 is 0. The van der Waals surface area contributed by atoms with E-state index in [2.05, 4.69) is 22.6 Å². The molecule has 1 aromatic heterocycles. The maximum Gasteiger partial charge on any atom is 0.182 e. The molecule has 2 nitrogen and oxygen atoms in total. The van der Waals surface area contributed by atoms with E-state index < -0.39 is 0 Å². The minimum atomic E-state index is 0.911. The second kappa shape index (κ2) is 4.09. The maximum absolute atomic E-state index is 4.47. The molecule has 1 saturated carbocycles. The highest BCUT2D eigenvalue weighted by molar-refractivity contribution is 7.13. The number of nitrogens with zero attached hydrogens (tertiary/aromatic N) is 1. The average molecular weight is 196 g/mol. The van der Waals surface area contributed by atoms with Gasteiger partial charge >= 0.3 is 0 Å². The van der Waals surface area contributed by atoms with Crippen LogP contribution in [0.2, 0.25) is 0 Å². The van der Waals surface area contributed by atoms with Crippen LogP contribution in [0.25, 0.3) is 0 Å². The summed E-state index contributed by atoms with van der Waals surface area (Å²) in [4.78, 5) is 4.47. The monoisotopic (exact) mass is 196 g/mol. The summed E-state index contributed by atoms with van der Waals surface area (Å²) >= 11 is 1.73. The molecule has 0 atom stereocenters. The molecule has 0 unspecified atom stereocenters. The third-order valence-corrected chi connectivity index (χ3v) is 3.53. The molecule has 1 fully saturated rings. The van der Waals surface area contributed by atoms with Gasteiger partial charge < -0.3 is 5.32 Å². The van der Waals surface area contributed by atoms with Crippen molar-refractivity contribution in [2.24, 2.45) is 5.92 Å². The van der Waals surface area contributed by atoms with Crippen molar-refractivity contribution in [3.8, 4) is 0 Å². The van der Waals surface area contributed by atoms with E-state index in [4.69, 9.17) is 0 Å². The van der Waals surface area contributed by atoms with Crippen molar-refractivity contribution >= 4 is 16.5 Å². The Kier molecular flexibility index (Phi) is 2.83. The maximum atomic E-state index is 4.47. The lowest BCUT2D eigenvalue weighted by molar-refractivity contribution is 0.333. The molecule has 72 valence electrons. The summed E-state index contributed by atoms with van der Waals surface area (Å²) in [6.45, 7) is 3.27. The van der Waals surface area contributed by atoms with Gasteiger partial charge in [0, 0.05) is 11.9 Å². The number of aryl methyl sites for hydroxylation is 1. The number of nitrogens with one attached hydrogen (secondary N) is 1. The SMILES string of the molecule is CCc1csc(NCC2CCC2)n1. The Labute approximate surface area is 83.4 Å². The number of hydrogen-bond donors (Lipinski definition) is 1. The lowest BCUT2D eigenvalue weighted by Gasteiger charge is -2.25. The van der Waals surface area contributed by atoms with E-state index in [1.54, 1.807) is 11.3 Å². The quantitative estimate of drug-likeness (QED) is 0.801. The second-order valence-corrected chi connectivity index (χ2v) is 4.53. The fraction of sp³-hybridized carbons (Fsp3) is 0.700. The van der Waals surface area contributed by atoms with Crippen molar-refractivity contribution in [3.63, 3.8) is 0 Å². The predicted octanol–water partition coefficient (Wildman–Crippen LogP) is 2.92. The first-order valence-corrected chi connectivity index (χ1v) is 5.94. The summed E-state index contributed by atoms with van der Waals surface area (Å²) in [5, 5.41) is 6.65. The first-order chi connectivity index (χ1) is 6.38. The van der Waals surface area contributed by atoms with E-state index >= 15 is 0 Å². The number of hydrogen-bond acceptors (Lipinski definition) is 3. The van der Waals surface area contributed by atoms with Gasteiger partial charge in [-0.15, -0.1) is 11.3 Å². The van der Waals surface area contributed by atoms with E-state index in [0.717, 1.165) is 24.0 Å². The molecule has 13 heavy (non-hydrogen) atoms. The van der Waals surface area contributed by atoms with Gasteiger partial charge in [0.15, 0.2) is 5.13 Å². The molecule has 0 aromatic carbocycles. The summed E-state index contributed by atoms with van der Waals surface area (Å²) in [6.07, 6.45) is 5.27. The highest BCUT2D eigenvalue weighted by Gasteiger charge is 2.16. The van der Waals surface area contributed by atoms with Gasteiger partial charge in [0.1, 0.15) is 0 Å². The highest BCUT2D eigenvalue weighted by atomic mass is 32.1. The van der Waals surface area contributed by atoms with Gasteiger partial charge in [-0.05, 0) is 25.2 Å². The van der Waals surface area contributed by atoms with Crippen molar-refractivity contribution in [2.75, 3.05) is 11.9 Å². The van der Waals surface area contributed by atoms with Crippen LogP contribution >= 0.6 is 11.3 Å². The first-order valence-electron chi connectivity index (χ1n) is 5.06. The van der Waals surface area contributed by atoms with E-state index in [9.17, 15) is 0 Å².